The molecular weight excluding hydrogens is 416 g/mol. The number of hydrogen-bond donors (Lipinski definition) is 1. The second kappa shape index (κ2) is 12.8. The summed E-state index contributed by atoms with van der Waals surface area (Å²) in [6.45, 7) is 6.41. The normalized spacial score (nSPS) is 15.4. The molecule has 1 aromatic rings. The third kappa shape index (κ3) is 7.30. The van der Waals surface area contributed by atoms with Crippen molar-refractivity contribution in [2.75, 3.05) is 19.5 Å². The summed E-state index contributed by atoms with van der Waals surface area (Å²) in [7, 11) is 1.57. The topological polar surface area (TPSA) is 67.9 Å². The van der Waals surface area contributed by atoms with Crippen molar-refractivity contribution in [2.24, 2.45) is 0 Å². The number of carbonyl (C=O) groups excluding carboxylic acids is 2. The Bertz CT molecular complexity index is 720. The number of rotatable bonds is 11. The molecule has 1 saturated carbocycles. The van der Waals surface area contributed by atoms with Crippen LogP contribution in [0.25, 0.3) is 0 Å². The average Bonchev–Trinajstić information content (AvgIpc) is 2.76. The molecule has 2 rings (SSSR count). The number of alkyl halides is 1. The van der Waals surface area contributed by atoms with E-state index < -0.39 is 6.04 Å². The summed E-state index contributed by atoms with van der Waals surface area (Å²) in [5.41, 5.74) is 0.691. The first-order valence-electron chi connectivity index (χ1n) is 11.4. The Morgan fingerprint density at radius 2 is 1.90 bits per heavy atom. The third-order valence-electron chi connectivity index (χ3n) is 5.56. The highest BCUT2D eigenvalue weighted by Crippen LogP contribution is 2.34. The molecule has 1 aliphatic rings. The van der Waals surface area contributed by atoms with Crippen LogP contribution >= 0.6 is 11.6 Å². The lowest BCUT2D eigenvalue weighted by Crippen LogP contribution is -2.47. The predicted octanol–water partition coefficient (Wildman–Crippen LogP) is 4.84. The van der Waals surface area contributed by atoms with Crippen LogP contribution in [0.15, 0.2) is 18.2 Å². The fraction of sp³-hybridized carbons (Fsp3) is 0.667. The number of unbranched alkanes of at least 4 members (excludes halogenated alkanes) is 1. The van der Waals surface area contributed by atoms with E-state index in [-0.39, 0.29) is 29.8 Å². The molecule has 1 aliphatic carbocycles. The van der Waals surface area contributed by atoms with Crippen LogP contribution in [0.5, 0.6) is 11.5 Å². The van der Waals surface area contributed by atoms with Gasteiger partial charge in [0.1, 0.15) is 11.9 Å². The van der Waals surface area contributed by atoms with Crippen molar-refractivity contribution in [3.05, 3.63) is 23.8 Å². The van der Waals surface area contributed by atoms with Crippen molar-refractivity contribution in [3.8, 4) is 11.5 Å². The minimum absolute atomic E-state index is 0.0102. The van der Waals surface area contributed by atoms with E-state index in [9.17, 15) is 9.59 Å². The van der Waals surface area contributed by atoms with Gasteiger partial charge in [0.15, 0.2) is 11.5 Å². The second-order valence-corrected chi connectivity index (χ2v) is 8.66. The molecule has 1 atom stereocenters. The first-order chi connectivity index (χ1) is 14.9. The van der Waals surface area contributed by atoms with Crippen molar-refractivity contribution in [3.63, 3.8) is 0 Å². The van der Waals surface area contributed by atoms with Gasteiger partial charge in [-0.25, -0.2) is 0 Å². The van der Waals surface area contributed by atoms with Crippen LogP contribution in [0.1, 0.15) is 77.3 Å². The Labute approximate surface area is 191 Å². The standard InChI is InChI=1S/C24H37ClN2O4/c1-5-6-14-27(22(28)16-25)23(24(29)26-19-10-8-7-9-11-19)18-12-13-20(31-17(2)3)21(15-18)30-4/h12-13,15,17,19,23H,5-11,14,16H2,1-4H3,(H,26,29)/t23-/m1/s1. The van der Waals surface area contributed by atoms with Gasteiger partial charge in [-0.05, 0) is 50.8 Å². The molecule has 0 radical (unpaired) electrons. The Balaban J connectivity index is 2.41. The zero-order valence-electron chi connectivity index (χ0n) is 19.3. The lowest BCUT2D eigenvalue weighted by atomic mass is 9.94. The minimum atomic E-state index is -0.762. The Morgan fingerprint density at radius 1 is 1.19 bits per heavy atom. The molecule has 174 valence electrons. The lowest BCUT2D eigenvalue weighted by Gasteiger charge is -2.33. The molecular formula is C24H37ClN2O4. The van der Waals surface area contributed by atoms with Crippen LogP contribution in [0.4, 0.5) is 0 Å². The number of halogens is 1. The summed E-state index contributed by atoms with van der Waals surface area (Å²) in [6, 6.07) is 4.82. The van der Waals surface area contributed by atoms with E-state index in [0.717, 1.165) is 38.5 Å². The maximum atomic E-state index is 13.5. The largest absolute Gasteiger partial charge is 0.493 e. The number of methoxy groups -OCH3 is 1. The molecule has 31 heavy (non-hydrogen) atoms. The Kier molecular flexibility index (Phi) is 10.4. The van der Waals surface area contributed by atoms with Crippen molar-refractivity contribution in [1.82, 2.24) is 10.2 Å². The van der Waals surface area contributed by atoms with Crippen molar-refractivity contribution in [2.45, 2.75) is 83.9 Å². The first-order valence-corrected chi connectivity index (χ1v) is 11.9. The average molecular weight is 453 g/mol. The van der Waals surface area contributed by atoms with Gasteiger partial charge in [-0.1, -0.05) is 38.7 Å². The summed E-state index contributed by atoms with van der Waals surface area (Å²) in [6.07, 6.45) is 7.08. The van der Waals surface area contributed by atoms with Gasteiger partial charge in [-0.2, -0.15) is 0 Å². The maximum Gasteiger partial charge on any atom is 0.247 e. The molecule has 0 bridgehead atoms. The van der Waals surface area contributed by atoms with Crippen LogP contribution in [-0.4, -0.2) is 48.4 Å². The van der Waals surface area contributed by atoms with E-state index in [2.05, 4.69) is 12.2 Å². The molecule has 0 heterocycles. The smallest absolute Gasteiger partial charge is 0.247 e. The minimum Gasteiger partial charge on any atom is -0.493 e. The number of amides is 2. The molecule has 0 aromatic heterocycles. The Hall–Kier alpha value is -1.95. The van der Waals surface area contributed by atoms with Gasteiger partial charge in [-0.3, -0.25) is 9.59 Å². The molecule has 0 saturated heterocycles. The lowest BCUT2D eigenvalue weighted by molar-refractivity contribution is -0.139. The monoisotopic (exact) mass is 452 g/mol. The molecule has 1 fully saturated rings. The number of hydrogen-bond acceptors (Lipinski definition) is 4. The molecule has 0 aliphatic heterocycles. The zero-order valence-corrected chi connectivity index (χ0v) is 20.0. The van der Waals surface area contributed by atoms with E-state index in [1.54, 1.807) is 24.1 Å². The van der Waals surface area contributed by atoms with Gasteiger partial charge >= 0.3 is 0 Å². The fourth-order valence-electron chi connectivity index (χ4n) is 4.01. The van der Waals surface area contributed by atoms with Crippen LogP contribution in [0.3, 0.4) is 0 Å². The third-order valence-corrected chi connectivity index (χ3v) is 5.79. The SMILES string of the molecule is CCCCN(C(=O)CCl)[C@@H](C(=O)NC1CCCCC1)c1ccc(OC(C)C)c(OC)c1. The van der Waals surface area contributed by atoms with Crippen molar-refractivity contribution < 1.29 is 19.1 Å². The fourth-order valence-corrected chi connectivity index (χ4v) is 4.16. The summed E-state index contributed by atoms with van der Waals surface area (Å²) < 4.78 is 11.3. The Morgan fingerprint density at radius 3 is 2.48 bits per heavy atom. The highest BCUT2D eigenvalue weighted by molar-refractivity contribution is 6.27. The number of ether oxygens (including phenoxy) is 2. The van der Waals surface area contributed by atoms with Crippen LogP contribution in [0.2, 0.25) is 0 Å². The van der Waals surface area contributed by atoms with Crippen LogP contribution in [-0.2, 0) is 9.59 Å². The summed E-state index contributed by atoms with van der Waals surface area (Å²) in [4.78, 5) is 27.8. The van der Waals surface area contributed by atoms with E-state index in [4.69, 9.17) is 21.1 Å². The maximum absolute atomic E-state index is 13.5. The molecule has 0 spiro atoms. The highest BCUT2D eigenvalue weighted by atomic mass is 35.5. The molecule has 1 aromatic carbocycles. The summed E-state index contributed by atoms with van der Waals surface area (Å²) >= 11 is 5.93. The summed E-state index contributed by atoms with van der Waals surface area (Å²) in [5.74, 6) is 0.566. The van der Waals surface area contributed by atoms with E-state index >= 15 is 0 Å². The quantitative estimate of drug-likeness (QED) is 0.488. The van der Waals surface area contributed by atoms with E-state index in [0.29, 0.717) is 23.6 Å². The van der Waals surface area contributed by atoms with Gasteiger partial charge in [0, 0.05) is 12.6 Å². The first kappa shape index (κ1) is 25.3. The molecule has 6 nitrogen and oxygen atoms in total. The summed E-state index contributed by atoms with van der Waals surface area (Å²) in [5, 5.41) is 3.19. The molecule has 7 heteroatoms. The van der Waals surface area contributed by atoms with Gasteiger partial charge in [0.05, 0.1) is 13.2 Å². The van der Waals surface area contributed by atoms with Gasteiger partial charge in [0.2, 0.25) is 11.8 Å². The van der Waals surface area contributed by atoms with E-state index in [1.165, 1.54) is 6.42 Å². The molecule has 1 N–H and O–H groups in total. The van der Waals surface area contributed by atoms with Crippen molar-refractivity contribution in [1.29, 1.82) is 0 Å². The van der Waals surface area contributed by atoms with Crippen LogP contribution in [0, 0.1) is 0 Å². The number of nitrogens with one attached hydrogen (secondary N) is 1. The number of nitrogens with zero attached hydrogens (tertiary/aromatic N) is 1. The molecule has 0 unspecified atom stereocenters. The second-order valence-electron chi connectivity index (χ2n) is 8.40. The zero-order chi connectivity index (χ0) is 22.8. The van der Waals surface area contributed by atoms with Crippen LogP contribution < -0.4 is 14.8 Å². The number of carbonyl (C=O) groups is 2. The predicted molar refractivity (Wildman–Crippen MR) is 124 cm³/mol. The van der Waals surface area contributed by atoms with Gasteiger partial charge in [0.25, 0.3) is 0 Å². The van der Waals surface area contributed by atoms with Gasteiger partial charge in [-0.15, -0.1) is 11.6 Å². The van der Waals surface area contributed by atoms with E-state index in [1.807, 2.05) is 19.9 Å². The van der Waals surface area contributed by atoms with Crippen molar-refractivity contribution >= 4 is 23.4 Å². The highest BCUT2D eigenvalue weighted by Gasteiger charge is 2.33. The molecule has 2 amide bonds. The van der Waals surface area contributed by atoms with Gasteiger partial charge < -0.3 is 19.7 Å². The number of benzene rings is 1.